The predicted octanol–water partition coefficient (Wildman–Crippen LogP) is 1.48. The number of hydrogen-bond acceptors (Lipinski definition) is 2. The fourth-order valence-electron chi connectivity index (χ4n) is 0.887. The Balaban J connectivity index is 2.82. The summed E-state index contributed by atoms with van der Waals surface area (Å²) in [5.41, 5.74) is 0.339. The van der Waals surface area contributed by atoms with Crippen molar-refractivity contribution in [3.63, 3.8) is 0 Å². The van der Waals surface area contributed by atoms with E-state index < -0.39 is 5.82 Å². The Kier molecular flexibility index (Phi) is 3.55. The van der Waals surface area contributed by atoms with Gasteiger partial charge in [-0.05, 0) is 18.2 Å². The molecule has 0 heterocycles. The van der Waals surface area contributed by atoms with Crippen molar-refractivity contribution in [2.75, 3.05) is 6.54 Å². The van der Waals surface area contributed by atoms with E-state index in [1.54, 1.807) is 0 Å². The van der Waals surface area contributed by atoms with Gasteiger partial charge in [-0.15, -0.1) is 19.1 Å². The number of benzene rings is 1. The van der Waals surface area contributed by atoms with E-state index in [0.29, 0.717) is 5.56 Å². The molecule has 0 saturated heterocycles. The minimum atomic E-state index is -0.457. The molecule has 1 aromatic rings. The molecule has 0 fully saturated rings. The lowest BCUT2D eigenvalue weighted by molar-refractivity contribution is 0.0958. The van der Waals surface area contributed by atoms with Gasteiger partial charge in [0.1, 0.15) is 5.82 Å². The third kappa shape index (κ3) is 2.51. The molecule has 0 unspecified atom stereocenters. The third-order valence-electron chi connectivity index (χ3n) is 1.56. The van der Waals surface area contributed by atoms with Gasteiger partial charge < -0.3 is 5.32 Å². The van der Waals surface area contributed by atoms with Crippen LogP contribution in [0.2, 0.25) is 0 Å². The Morgan fingerprint density at radius 1 is 1.64 bits per heavy atom. The quantitative estimate of drug-likeness (QED) is 0.560. The molecule has 0 aromatic heterocycles. The van der Waals surface area contributed by atoms with Crippen molar-refractivity contribution < 1.29 is 9.18 Å². The molecule has 1 N–H and O–H groups in total. The van der Waals surface area contributed by atoms with Gasteiger partial charge in [-0.2, -0.15) is 0 Å². The van der Waals surface area contributed by atoms with Crippen LogP contribution in [0, 0.1) is 18.2 Å². The maximum Gasteiger partial charge on any atom is 0.252 e. The van der Waals surface area contributed by atoms with Gasteiger partial charge >= 0.3 is 0 Å². The Morgan fingerprint density at radius 3 is 2.93 bits per heavy atom. The molecule has 4 heteroatoms. The van der Waals surface area contributed by atoms with Crippen LogP contribution >= 0.6 is 12.6 Å². The number of amides is 1. The first-order valence-corrected chi connectivity index (χ1v) is 4.30. The van der Waals surface area contributed by atoms with Crippen molar-refractivity contribution in [1.82, 2.24) is 5.32 Å². The van der Waals surface area contributed by atoms with Crippen LogP contribution < -0.4 is 5.32 Å². The van der Waals surface area contributed by atoms with Crippen LogP contribution in [-0.4, -0.2) is 12.5 Å². The minimum Gasteiger partial charge on any atom is -0.341 e. The number of nitrogens with one attached hydrogen (secondary N) is 1. The molecule has 0 spiro atoms. The van der Waals surface area contributed by atoms with E-state index in [2.05, 4.69) is 23.9 Å². The van der Waals surface area contributed by atoms with Crippen LogP contribution in [-0.2, 0) is 0 Å². The molecule has 1 aromatic carbocycles. The largest absolute Gasteiger partial charge is 0.341 e. The second kappa shape index (κ2) is 4.68. The van der Waals surface area contributed by atoms with Gasteiger partial charge in [0.15, 0.2) is 0 Å². The van der Waals surface area contributed by atoms with Gasteiger partial charge in [0, 0.05) is 10.5 Å². The molecule has 0 aliphatic rings. The highest BCUT2D eigenvalue weighted by atomic mass is 32.1. The van der Waals surface area contributed by atoms with Crippen LogP contribution in [0.5, 0.6) is 0 Å². The first kappa shape index (κ1) is 10.6. The number of halogens is 1. The molecule has 1 amide bonds. The standard InChI is InChI=1S/C10H8FNOS/c1-2-5-12-10(13)7-3-4-8(11)9(14)6-7/h1,3-4,6,14H,5H2,(H,12,13). The highest BCUT2D eigenvalue weighted by Crippen LogP contribution is 2.13. The van der Waals surface area contributed by atoms with Crippen LogP contribution in [0.4, 0.5) is 4.39 Å². The number of hydrogen-bond donors (Lipinski definition) is 2. The lowest BCUT2D eigenvalue weighted by atomic mass is 10.2. The highest BCUT2D eigenvalue weighted by molar-refractivity contribution is 7.80. The normalized spacial score (nSPS) is 9.21. The topological polar surface area (TPSA) is 29.1 Å². The maximum absolute atomic E-state index is 12.8. The monoisotopic (exact) mass is 209 g/mol. The Morgan fingerprint density at radius 2 is 2.36 bits per heavy atom. The van der Waals surface area contributed by atoms with Gasteiger partial charge in [0.25, 0.3) is 5.91 Å². The van der Waals surface area contributed by atoms with E-state index in [1.165, 1.54) is 18.2 Å². The number of terminal acetylenes is 1. The number of carbonyl (C=O) groups is 1. The predicted molar refractivity (Wildman–Crippen MR) is 54.8 cm³/mol. The van der Waals surface area contributed by atoms with E-state index in [1.807, 2.05) is 0 Å². The number of thiol groups is 1. The molecule has 14 heavy (non-hydrogen) atoms. The molecule has 2 nitrogen and oxygen atoms in total. The van der Waals surface area contributed by atoms with Crippen molar-refractivity contribution in [2.24, 2.45) is 0 Å². The van der Waals surface area contributed by atoms with Crippen molar-refractivity contribution >= 4 is 18.5 Å². The van der Waals surface area contributed by atoms with Crippen LogP contribution in [0.15, 0.2) is 23.1 Å². The summed E-state index contributed by atoms with van der Waals surface area (Å²) in [4.78, 5) is 11.4. The molecule has 0 aliphatic heterocycles. The average molecular weight is 209 g/mol. The minimum absolute atomic E-state index is 0.137. The molecule has 1 rings (SSSR count). The molecule has 0 aliphatic carbocycles. The summed E-state index contributed by atoms with van der Waals surface area (Å²) in [7, 11) is 0. The Bertz CT molecular complexity index is 398. The molecule has 0 saturated carbocycles. The average Bonchev–Trinajstić information content (AvgIpc) is 2.18. The summed E-state index contributed by atoms with van der Waals surface area (Å²) in [5, 5.41) is 2.46. The second-order valence-corrected chi connectivity index (χ2v) is 3.03. The lowest BCUT2D eigenvalue weighted by Crippen LogP contribution is -2.23. The van der Waals surface area contributed by atoms with Crippen molar-refractivity contribution in [3.05, 3.63) is 29.6 Å². The zero-order valence-corrected chi connectivity index (χ0v) is 8.14. The van der Waals surface area contributed by atoms with Gasteiger partial charge in [-0.3, -0.25) is 4.79 Å². The zero-order chi connectivity index (χ0) is 10.6. The number of carbonyl (C=O) groups excluding carboxylic acids is 1. The first-order valence-electron chi connectivity index (χ1n) is 3.85. The van der Waals surface area contributed by atoms with Crippen LogP contribution in [0.3, 0.4) is 0 Å². The van der Waals surface area contributed by atoms with E-state index in [-0.39, 0.29) is 17.3 Å². The maximum atomic E-state index is 12.8. The second-order valence-electron chi connectivity index (χ2n) is 2.55. The van der Waals surface area contributed by atoms with E-state index in [9.17, 15) is 9.18 Å². The SMILES string of the molecule is C#CCNC(=O)c1ccc(F)c(S)c1. The van der Waals surface area contributed by atoms with Gasteiger partial charge in [0.05, 0.1) is 6.54 Å². The van der Waals surface area contributed by atoms with Crippen molar-refractivity contribution in [1.29, 1.82) is 0 Å². The number of rotatable bonds is 2. The van der Waals surface area contributed by atoms with Crippen LogP contribution in [0.25, 0.3) is 0 Å². The van der Waals surface area contributed by atoms with E-state index in [4.69, 9.17) is 6.42 Å². The van der Waals surface area contributed by atoms with E-state index in [0.717, 1.165) is 0 Å². The fourth-order valence-corrected chi connectivity index (χ4v) is 1.10. The first-order chi connectivity index (χ1) is 6.65. The van der Waals surface area contributed by atoms with Gasteiger partial charge in [0.2, 0.25) is 0 Å². The lowest BCUT2D eigenvalue weighted by Gasteiger charge is -2.02. The molecule has 72 valence electrons. The Hall–Kier alpha value is -1.47. The summed E-state index contributed by atoms with van der Waals surface area (Å²) < 4.78 is 12.8. The smallest absolute Gasteiger partial charge is 0.252 e. The molecule has 0 atom stereocenters. The van der Waals surface area contributed by atoms with Gasteiger partial charge in [-0.1, -0.05) is 5.92 Å². The van der Waals surface area contributed by atoms with E-state index >= 15 is 0 Å². The van der Waals surface area contributed by atoms with Gasteiger partial charge in [-0.25, -0.2) is 4.39 Å². The summed E-state index contributed by atoms with van der Waals surface area (Å²) in [5.74, 6) is 1.48. The zero-order valence-electron chi connectivity index (χ0n) is 7.25. The summed E-state index contributed by atoms with van der Waals surface area (Å²) >= 11 is 3.86. The summed E-state index contributed by atoms with van der Waals surface area (Å²) in [6.07, 6.45) is 4.97. The third-order valence-corrected chi connectivity index (χ3v) is 1.90. The fraction of sp³-hybridized carbons (Fsp3) is 0.100. The Labute approximate surface area is 86.9 Å². The van der Waals surface area contributed by atoms with Crippen molar-refractivity contribution in [3.8, 4) is 12.3 Å². The highest BCUT2D eigenvalue weighted by Gasteiger charge is 2.06. The molecule has 0 radical (unpaired) electrons. The molecular formula is C10H8FNOS. The van der Waals surface area contributed by atoms with Crippen molar-refractivity contribution in [2.45, 2.75) is 4.90 Å². The van der Waals surface area contributed by atoms with Crippen LogP contribution in [0.1, 0.15) is 10.4 Å². The molecular weight excluding hydrogens is 201 g/mol. The molecule has 0 bridgehead atoms. The summed E-state index contributed by atoms with van der Waals surface area (Å²) in [6.45, 7) is 0.151. The summed E-state index contributed by atoms with van der Waals surface area (Å²) in [6, 6.07) is 3.91.